The van der Waals surface area contributed by atoms with Crippen LogP contribution in [0.2, 0.25) is 0 Å². The van der Waals surface area contributed by atoms with Crippen LogP contribution in [0.15, 0.2) is 48.1 Å². The van der Waals surface area contributed by atoms with Gasteiger partial charge < -0.3 is 14.8 Å². The number of ether oxygens (including phenoxy) is 2. The van der Waals surface area contributed by atoms with Crippen LogP contribution >= 0.6 is 11.3 Å². The van der Waals surface area contributed by atoms with Gasteiger partial charge in [0.1, 0.15) is 11.5 Å². The second-order valence-corrected chi connectivity index (χ2v) is 7.44. The molecule has 1 aromatic carbocycles. The summed E-state index contributed by atoms with van der Waals surface area (Å²) < 4.78 is 10.6. The lowest BCUT2D eigenvalue weighted by Gasteiger charge is -2.10. The SMILES string of the molecule is COc1ccc(OC)c(CCC(=O)NCCCc2nc(-c3ccncc3)cs2)c1. The zero-order valence-corrected chi connectivity index (χ0v) is 17.5. The van der Waals surface area contributed by atoms with Gasteiger partial charge in [-0.3, -0.25) is 9.78 Å². The van der Waals surface area contributed by atoms with Crippen LogP contribution in [0.3, 0.4) is 0 Å². The highest BCUT2D eigenvalue weighted by molar-refractivity contribution is 7.09. The molecule has 3 aromatic rings. The number of carbonyl (C=O) groups excluding carboxylic acids is 1. The highest BCUT2D eigenvalue weighted by Crippen LogP contribution is 2.25. The molecular formula is C22H25N3O3S. The van der Waals surface area contributed by atoms with Gasteiger partial charge in [-0.25, -0.2) is 4.98 Å². The molecule has 0 radical (unpaired) electrons. The third-order valence-corrected chi connectivity index (χ3v) is 5.43. The number of rotatable bonds is 10. The number of aromatic nitrogens is 2. The Balaban J connectivity index is 1.40. The molecule has 1 N–H and O–H groups in total. The van der Waals surface area contributed by atoms with Gasteiger partial charge in [0.2, 0.25) is 5.91 Å². The van der Waals surface area contributed by atoms with Gasteiger partial charge in [-0.1, -0.05) is 0 Å². The van der Waals surface area contributed by atoms with E-state index in [0.717, 1.165) is 46.2 Å². The summed E-state index contributed by atoms with van der Waals surface area (Å²) >= 11 is 1.65. The molecule has 0 aliphatic rings. The monoisotopic (exact) mass is 411 g/mol. The molecule has 0 saturated heterocycles. The Morgan fingerprint density at radius 2 is 1.93 bits per heavy atom. The third-order valence-electron chi connectivity index (χ3n) is 4.53. The minimum atomic E-state index is 0.0338. The van der Waals surface area contributed by atoms with Crippen LogP contribution in [0.25, 0.3) is 11.3 Å². The molecule has 0 saturated carbocycles. The lowest BCUT2D eigenvalue weighted by Crippen LogP contribution is -2.25. The lowest BCUT2D eigenvalue weighted by atomic mass is 10.1. The Morgan fingerprint density at radius 3 is 2.69 bits per heavy atom. The van der Waals surface area contributed by atoms with Crippen molar-refractivity contribution >= 4 is 17.2 Å². The molecule has 3 rings (SSSR count). The summed E-state index contributed by atoms with van der Waals surface area (Å²) in [6.07, 6.45) is 6.26. The zero-order chi connectivity index (χ0) is 20.5. The maximum Gasteiger partial charge on any atom is 0.220 e. The molecule has 0 bridgehead atoms. The molecule has 0 spiro atoms. The summed E-state index contributed by atoms with van der Waals surface area (Å²) in [4.78, 5) is 20.9. The predicted molar refractivity (Wildman–Crippen MR) is 115 cm³/mol. The first-order valence-electron chi connectivity index (χ1n) is 9.52. The average molecular weight is 412 g/mol. The second kappa shape index (κ2) is 10.6. The number of amides is 1. The van der Waals surface area contributed by atoms with Gasteiger partial charge in [-0.2, -0.15) is 0 Å². The quantitative estimate of drug-likeness (QED) is 0.512. The van der Waals surface area contributed by atoms with Gasteiger partial charge in [0, 0.05) is 42.7 Å². The van der Waals surface area contributed by atoms with Gasteiger partial charge in [0.05, 0.1) is 24.9 Å². The van der Waals surface area contributed by atoms with E-state index in [1.54, 1.807) is 38.0 Å². The number of nitrogens with one attached hydrogen (secondary N) is 1. The van der Waals surface area contributed by atoms with E-state index in [1.165, 1.54) is 0 Å². The van der Waals surface area contributed by atoms with E-state index < -0.39 is 0 Å². The summed E-state index contributed by atoms with van der Waals surface area (Å²) in [5.74, 6) is 1.56. The van der Waals surface area contributed by atoms with Crippen molar-refractivity contribution in [2.24, 2.45) is 0 Å². The molecule has 6 nitrogen and oxygen atoms in total. The first kappa shape index (κ1) is 20.8. The standard InChI is InChI=1S/C22H25N3O3S/c1-27-18-6-7-20(28-2)17(14-18)5-8-21(26)24-11-3-4-22-25-19(15-29-22)16-9-12-23-13-10-16/h6-7,9-10,12-15H,3-5,8,11H2,1-2H3,(H,24,26). The normalized spacial score (nSPS) is 10.6. The molecule has 2 aromatic heterocycles. The number of hydrogen-bond donors (Lipinski definition) is 1. The Hall–Kier alpha value is -2.93. The van der Waals surface area contributed by atoms with Crippen molar-refractivity contribution in [3.63, 3.8) is 0 Å². The van der Waals surface area contributed by atoms with Crippen molar-refractivity contribution in [3.8, 4) is 22.8 Å². The second-order valence-electron chi connectivity index (χ2n) is 6.49. The number of pyridine rings is 1. The van der Waals surface area contributed by atoms with Crippen LogP contribution in [0.5, 0.6) is 11.5 Å². The molecule has 0 aliphatic carbocycles. The molecule has 0 aliphatic heterocycles. The van der Waals surface area contributed by atoms with Gasteiger partial charge in [0.15, 0.2) is 0 Å². The number of methoxy groups -OCH3 is 2. The Morgan fingerprint density at radius 1 is 1.10 bits per heavy atom. The van der Waals surface area contributed by atoms with Crippen molar-refractivity contribution in [2.75, 3.05) is 20.8 Å². The summed E-state index contributed by atoms with van der Waals surface area (Å²) in [7, 11) is 3.25. The molecule has 0 unspecified atom stereocenters. The topological polar surface area (TPSA) is 73.3 Å². The number of hydrogen-bond acceptors (Lipinski definition) is 6. The molecule has 2 heterocycles. The largest absolute Gasteiger partial charge is 0.497 e. The summed E-state index contributed by atoms with van der Waals surface area (Å²) in [5.41, 5.74) is 3.01. The van der Waals surface area contributed by atoms with E-state index in [4.69, 9.17) is 9.47 Å². The maximum absolute atomic E-state index is 12.2. The smallest absolute Gasteiger partial charge is 0.220 e. The van der Waals surface area contributed by atoms with E-state index in [2.05, 4.69) is 20.7 Å². The molecule has 1 amide bonds. The number of nitrogens with zero attached hydrogens (tertiary/aromatic N) is 2. The fourth-order valence-corrected chi connectivity index (χ4v) is 3.81. The van der Waals surface area contributed by atoms with Crippen LogP contribution in [0.4, 0.5) is 0 Å². The van der Waals surface area contributed by atoms with E-state index in [-0.39, 0.29) is 5.91 Å². The fraction of sp³-hybridized carbons (Fsp3) is 0.318. The summed E-state index contributed by atoms with van der Waals surface area (Å²) in [5, 5.41) is 6.12. The first-order chi connectivity index (χ1) is 14.2. The van der Waals surface area contributed by atoms with E-state index in [9.17, 15) is 4.79 Å². The average Bonchev–Trinajstić information content (AvgIpc) is 3.24. The van der Waals surface area contributed by atoms with Crippen molar-refractivity contribution < 1.29 is 14.3 Å². The minimum absolute atomic E-state index is 0.0338. The first-order valence-corrected chi connectivity index (χ1v) is 10.4. The Kier molecular flexibility index (Phi) is 7.58. The highest BCUT2D eigenvalue weighted by Gasteiger charge is 2.09. The van der Waals surface area contributed by atoms with Gasteiger partial charge in [-0.05, 0) is 48.7 Å². The van der Waals surface area contributed by atoms with Crippen molar-refractivity contribution in [2.45, 2.75) is 25.7 Å². The van der Waals surface area contributed by atoms with Crippen molar-refractivity contribution in [1.82, 2.24) is 15.3 Å². The van der Waals surface area contributed by atoms with Crippen molar-refractivity contribution in [3.05, 3.63) is 58.7 Å². The molecule has 29 heavy (non-hydrogen) atoms. The van der Waals surface area contributed by atoms with Crippen LogP contribution in [0.1, 0.15) is 23.4 Å². The van der Waals surface area contributed by atoms with Gasteiger partial charge in [-0.15, -0.1) is 11.3 Å². The highest BCUT2D eigenvalue weighted by atomic mass is 32.1. The van der Waals surface area contributed by atoms with Crippen LogP contribution in [-0.2, 0) is 17.6 Å². The molecule has 0 atom stereocenters. The van der Waals surface area contributed by atoms with E-state index in [0.29, 0.717) is 19.4 Å². The van der Waals surface area contributed by atoms with Crippen LogP contribution in [-0.4, -0.2) is 36.6 Å². The molecular weight excluding hydrogens is 386 g/mol. The number of aryl methyl sites for hydroxylation is 2. The summed E-state index contributed by atoms with van der Waals surface area (Å²) in [6.45, 7) is 0.637. The minimum Gasteiger partial charge on any atom is -0.497 e. The molecule has 152 valence electrons. The van der Waals surface area contributed by atoms with Gasteiger partial charge in [0.25, 0.3) is 0 Å². The number of benzene rings is 1. The zero-order valence-electron chi connectivity index (χ0n) is 16.7. The Labute approximate surface area is 174 Å². The maximum atomic E-state index is 12.2. The van der Waals surface area contributed by atoms with Crippen LogP contribution < -0.4 is 14.8 Å². The number of carbonyl (C=O) groups is 1. The van der Waals surface area contributed by atoms with E-state index in [1.807, 2.05) is 30.3 Å². The predicted octanol–water partition coefficient (Wildman–Crippen LogP) is 3.90. The molecule has 0 fully saturated rings. The summed E-state index contributed by atoms with van der Waals surface area (Å²) in [6, 6.07) is 9.53. The number of thiazole rings is 1. The van der Waals surface area contributed by atoms with Gasteiger partial charge >= 0.3 is 0 Å². The lowest BCUT2D eigenvalue weighted by molar-refractivity contribution is -0.121. The fourth-order valence-electron chi connectivity index (χ4n) is 2.96. The van der Waals surface area contributed by atoms with Crippen molar-refractivity contribution in [1.29, 1.82) is 0 Å². The van der Waals surface area contributed by atoms with Crippen LogP contribution in [0, 0.1) is 0 Å². The Bertz CT molecular complexity index is 928. The van der Waals surface area contributed by atoms with E-state index >= 15 is 0 Å². The molecule has 7 heteroatoms. The third kappa shape index (κ3) is 6.02.